The molecule has 1 aliphatic rings. The third kappa shape index (κ3) is 3.96. The van der Waals surface area contributed by atoms with Gasteiger partial charge in [-0.3, -0.25) is 4.79 Å². The third-order valence-corrected chi connectivity index (χ3v) is 10.2. The quantitative estimate of drug-likeness (QED) is 0.698. The highest BCUT2D eigenvalue weighted by atomic mass is 28.4. The Morgan fingerprint density at radius 1 is 1.36 bits per heavy atom. The van der Waals surface area contributed by atoms with Gasteiger partial charge in [-0.25, -0.2) is 0 Å². The molecule has 0 heterocycles. The zero-order valence-electron chi connectivity index (χ0n) is 15.4. The van der Waals surface area contributed by atoms with Crippen molar-refractivity contribution in [1.29, 1.82) is 0 Å². The van der Waals surface area contributed by atoms with Crippen molar-refractivity contribution >= 4 is 19.9 Å². The van der Waals surface area contributed by atoms with Crippen LogP contribution < -0.4 is 0 Å². The Hall–Kier alpha value is -0.743. The molecule has 0 unspecified atom stereocenters. The molecule has 0 amide bonds. The lowest BCUT2D eigenvalue weighted by Crippen LogP contribution is -2.50. The van der Waals surface area contributed by atoms with Crippen molar-refractivity contribution in [2.45, 2.75) is 78.6 Å². The molecule has 0 fully saturated rings. The zero-order chi connectivity index (χ0) is 17.3. The molecule has 4 heteroatoms. The molecule has 3 atom stereocenters. The lowest BCUT2D eigenvalue weighted by Gasteiger charge is -2.45. The first kappa shape index (κ1) is 19.3. The zero-order valence-corrected chi connectivity index (χ0v) is 16.4. The summed E-state index contributed by atoms with van der Waals surface area (Å²) in [6.45, 7) is 16.8. The molecule has 3 nitrogen and oxygen atoms in total. The number of carbonyl (C=O) groups is 2. The minimum Gasteiger partial charge on any atom is -0.410 e. The van der Waals surface area contributed by atoms with Gasteiger partial charge < -0.3 is 9.22 Å². The van der Waals surface area contributed by atoms with Gasteiger partial charge in [0.05, 0.1) is 6.10 Å². The molecule has 0 aromatic heterocycles. The molecule has 0 saturated heterocycles. The van der Waals surface area contributed by atoms with E-state index in [9.17, 15) is 9.59 Å². The second-order valence-electron chi connectivity index (χ2n) is 8.47. The van der Waals surface area contributed by atoms with Gasteiger partial charge in [0, 0.05) is 11.8 Å². The van der Waals surface area contributed by atoms with E-state index in [4.69, 9.17) is 4.43 Å². The fourth-order valence-electron chi connectivity index (χ4n) is 2.57. The summed E-state index contributed by atoms with van der Waals surface area (Å²) in [7, 11) is -1.89. The van der Waals surface area contributed by atoms with Crippen molar-refractivity contribution in [2.75, 3.05) is 0 Å². The number of hydrogen-bond acceptors (Lipinski definition) is 3. The molecule has 126 valence electrons. The predicted octanol–water partition coefficient (Wildman–Crippen LogP) is 4.53. The molecule has 0 aliphatic heterocycles. The minimum absolute atomic E-state index is 0.0458. The number of ketones is 2. The van der Waals surface area contributed by atoms with E-state index in [-0.39, 0.29) is 28.6 Å². The maximum absolute atomic E-state index is 12.4. The van der Waals surface area contributed by atoms with Gasteiger partial charge in [-0.1, -0.05) is 40.7 Å². The maximum atomic E-state index is 12.4. The monoisotopic (exact) mass is 324 g/mol. The average molecular weight is 325 g/mol. The highest BCUT2D eigenvalue weighted by molar-refractivity contribution is 6.74. The fraction of sp³-hybridized carbons (Fsp3) is 0.778. The molecule has 0 spiro atoms. The standard InChI is InChI=1S/C18H32O3Si/c1-13(19)11-12-18(6)14(2)15(9-10-16(18)20)21-22(7,8)17(3,4)5/h9-10,14-15H,11-12H2,1-8H3/t14-,15+,18+/m0/s1. The van der Waals surface area contributed by atoms with Crippen LogP contribution in [0, 0.1) is 11.3 Å². The fourth-order valence-corrected chi connectivity index (χ4v) is 3.89. The lowest BCUT2D eigenvalue weighted by atomic mass is 9.66. The van der Waals surface area contributed by atoms with Crippen LogP contribution in [0.4, 0.5) is 0 Å². The van der Waals surface area contributed by atoms with E-state index in [2.05, 4.69) is 40.8 Å². The summed E-state index contributed by atoms with van der Waals surface area (Å²) in [6, 6.07) is 0. The maximum Gasteiger partial charge on any atom is 0.192 e. The van der Waals surface area contributed by atoms with Gasteiger partial charge in [-0.15, -0.1) is 0 Å². The number of carbonyl (C=O) groups excluding carboxylic acids is 2. The van der Waals surface area contributed by atoms with Crippen molar-refractivity contribution in [3.8, 4) is 0 Å². The van der Waals surface area contributed by atoms with E-state index in [0.717, 1.165) is 0 Å². The molecule has 0 saturated carbocycles. The summed E-state index contributed by atoms with van der Waals surface area (Å²) in [6.07, 6.45) is 4.59. The Morgan fingerprint density at radius 3 is 2.36 bits per heavy atom. The van der Waals surface area contributed by atoms with Gasteiger partial charge >= 0.3 is 0 Å². The predicted molar refractivity (Wildman–Crippen MR) is 93.4 cm³/mol. The van der Waals surface area contributed by atoms with Crippen LogP contribution >= 0.6 is 0 Å². The van der Waals surface area contributed by atoms with Crippen LogP contribution in [-0.4, -0.2) is 26.0 Å². The molecular weight excluding hydrogens is 292 g/mol. The van der Waals surface area contributed by atoms with Gasteiger partial charge in [0.25, 0.3) is 0 Å². The highest BCUT2D eigenvalue weighted by Gasteiger charge is 2.47. The summed E-state index contributed by atoms with van der Waals surface area (Å²) < 4.78 is 6.52. The Kier molecular flexibility index (Phi) is 5.62. The van der Waals surface area contributed by atoms with Crippen LogP contribution in [0.5, 0.6) is 0 Å². The first-order valence-corrected chi connectivity index (χ1v) is 11.1. The Morgan fingerprint density at radius 2 is 1.91 bits per heavy atom. The largest absolute Gasteiger partial charge is 0.410 e. The van der Waals surface area contributed by atoms with Crippen LogP contribution in [-0.2, 0) is 14.0 Å². The molecule has 0 bridgehead atoms. The van der Waals surface area contributed by atoms with Crippen LogP contribution in [0.2, 0.25) is 18.1 Å². The topological polar surface area (TPSA) is 43.4 Å². The molecule has 0 aromatic rings. The van der Waals surface area contributed by atoms with Gasteiger partial charge in [0.1, 0.15) is 5.78 Å². The summed E-state index contributed by atoms with van der Waals surface area (Å²) in [5, 5.41) is 0.137. The van der Waals surface area contributed by atoms with Crippen molar-refractivity contribution in [2.24, 2.45) is 11.3 Å². The molecular formula is C18H32O3Si. The second-order valence-corrected chi connectivity index (χ2v) is 13.2. The average Bonchev–Trinajstić information content (AvgIpc) is 2.36. The van der Waals surface area contributed by atoms with Crippen molar-refractivity contribution < 1.29 is 14.0 Å². The minimum atomic E-state index is -1.89. The van der Waals surface area contributed by atoms with Gasteiger partial charge in [0.2, 0.25) is 0 Å². The summed E-state index contributed by atoms with van der Waals surface area (Å²) in [5.41, 5.74) is -0.506. The molecule has 0 N–H and O–H groups in total. The van der Waals surface area contributed by atoms with Crippen LogP contribution in [0.15, 0.2) is 12.2 Å². The number of Topliss-reactive ketones (excluding diaryl/α,β-unsaturated/α-hetero) is 1. The molecule has 1 aliphatic carbocycles. The van der Waals surface area contributed by atoms with Gasteiger partial charge in [-0.2, -0.15) is 0 Å². The van der Waals surface area contributed by atoms with E-state index in [1.54, 1.807) is 13.0 Å². The van der Waals surface area contributed by atoms with Crippen molar-refractivity contribution in [1.82, 2.24) is 0 Å². The summed E-state index contributed by atoms with van der Waals surface area (Å²) in [5.74, 6) is 0.340. The first-order valence-electron chi connectivity index (χ1n) is 8.21. The van der Waals surface area contributed by atoms with Crippen LogP contribution in [0.25, 0.3) is 0 Å². The Bertz CT molecular complexity index is 473. The molecule has 0 radical (unpaired) electrons. The van der Waals surface area contributed by atoms with E-state index >= 15 is 0 Å². The molecule has 22 heavy (non-hydrogen) atoms. The number of allylic oxidation sites excluding steroid dienone is 1. The van der Waals surface area contributed by atoms with E-state index in [1.165, 1.54) is 0 Å². The van der Waals surface area contributed by atoms with E-state index in [0.29, 0.717) is 12.8 Å². The number of hydrogen-bond donors (Lipinski definition) is 0. The summed E-state index contributed by atoms with van der Waals surface area (Å²) >= 11 is 0. The normalized spacial score (nSPS) is 29.7. The molecule has 0 aromatic carbocycles. The van der Waals surface area contributed by atoms with E-state index < -0.39 is 13.7 Å². The lowest BCUT2D eigenvalue weighted by molar-refractivity contribution is -0.130. The Labute approximate surface area is 136 Å². The van der Waals surface area contributed by atoms with E-state index in [1.807, 2.05) is 13.0 Å². The molecule has 1 rings (SSSR count). The third-order valence-electron chi connectivity index (χ3n) is 5.73. The van der Waals surface area contributed by atoms with Crippen molar-refractivity contribution in [3.05, 3.63) is 12.2 Å². The van der Waals surface area contributed by atoms with Crippen LogP contribution in [0.1, 0.15) is 54.4 Å². The van der Waals surface area contributed by atoms with Gasteiger partial charge in [-0.05, 0) is 43.5 Å². The van der Waals surface area contributed by atoms with Gasteiger partial charge in [0.15, 0.2) is 14.1 Å². The highest BCUT2D eigenvalue weighted by Crippen LogP contribution is 2.44. The summed E-state index contributed by atoms with van der Waals surface area (Å²) in [4.78, 5) is 23.7. The smallest absolute Gasteiger partial charge is 0.192 e. The van der Waals surface area contributed by atoms with Crippen molar-refractivity contribution in [3.63, 3.8) is 0 Å². The Balaban J connectivity index is 2.99. The first-order chi connectivity index (χ1) is 9.81. The number of rotatable bonds is 5. The SMILES string of the molecule is CC(=O)CC[C@@]1(C)C(=O)C=C[C@@H](O[Si](C)(C)C(C)(C)C)[C@@H]1C. The van der Waals surface area contributed by atoms with Crippen LogP contribution in [0.3, 0.4) is 0 Å². The second kappa shape index (κ2) is 6.40.